The van der Waals surface area contributed by atoms with Crippen LogP contribution >= 0.6 is 15.9 Å². The van der Waals surface area contributed by atoms with Crippen LogP contribution in [-0.2, 0) is 39.4 Å². The molecule has 0 radical (unpaired) electrons. The Bertz CT molecular complexity index is 3200. The molecule has 11 rings (SSSR count). The molecule has 78 heavy (non-hydrogen) atoms. The first-order valence-corrected chi connectivity index (χ1v) is 27.0. The number of rotatable bonds is 4. The first kappa shape index (κ1) is 56.3. The molecule has 4 aromatic carbocycles. The van der Waals surface area contributed by atoms with Gasteiger partial charge in [0, 0.05) is 67.6 Å². The molecule has 410 valence electrons. The molecule has 4 aromatic rings. The summed E-state index contributed by atoms with van der Waals surface area (Å²) in [5.74, 6) is 0.954. The second kappa shape index (κ2) is 20.7. The van der Waals surface area contributed by atoms with E-state index in [1.54, 1.807) is 32.3 Å². The standard InChI is InChI=1S/C26H27FN4O3.C19H24BrN3O3.C13H15BFNO2/c1-25(2)12-17(6-7-33-25)22-13-26(23(32)31(3)24(29)30-26)20-11-16(4-5-21(20)34-22)18-8-15(14-28)9-19(27)10-18;1-18(2)9-11(6-7-25-18)15-10-19(16(24)23(3)17(21)22-19)13-8-12(20)4-5-14(13)26-15;1-12(2)13(3,4)18-14(17-12)10-5-9(8-16)6-11(15)7-10/h4-5,8-11,17,22H,6-7,12-13H2,1-3H3,(H2,29,30);4-5,8,11,15H,6-7,9-10H2,1-3H3,(H2,21,22);5-7H,1-4H3. The highest BCUT2D eigenvalue weighted by atomic mass is 79.9. The fraction of sp³-hybridized carbons (Fsp3) is 0.483. The van der Waals surface area contributed by atoms with Crippen LogP contribution in [0.5, 0.6) is 11.5 Å². The zero-order valence-electron chi connectivity index (χ0n) is 45.7. The lowest BCUT2D eigenvalue weighted by Crippen LogP contribution is -2.49. The maximum Gasteiger partial charge on any atom is 0.494 e. The zero-order valence-corrected chi connectivity index (χ0v) is 47.3. The fourth-order valence-electron chi connectivity index (χ4n) is 11.6. The number of hydrogen-bond acceptors (Lipinski definition) is 14. The van der Waals surface area contributed by atoms with E-state index in [9.17, 15) is 23.6 Å². The van der Waals surface area contributed by atoms with Crippen molar-refractivity contribution in [2.45, 2.75) is 140 Å². The van der Waals surface area contributed by atoms with E-state index in [0.29, 0.717) is 65.6 Å². The first-order chi connectivity index (χ1) is 36.6. The molecule has 7 aliphatic heterocycles. The van der Waals surface area contributed by atoms with E-state index < -0.39 is 41.0 Å². The number of benzene rings is 4. The van der Waals surface area contributed by atoms with Crippen molar-refractivity contribution in [2.24, 2.45) is 33.3 Å². The topological polar surface area (TPSA) is 220 Å². The number of amides is 2. The molecule has 20 heteroatoms. The Labute approximate surface area is 463 Å². The molecule has 7 aliphatic rings. The van der Waals surface area contributed by atoms with Gasteiger partial charge in [-0.1, -0.05) is 22.0 Å². The lowest BCUT2D eigenvalue weighted by Gasteiger charge is -2.44. The molecular formula is C58H66BBrF2N8O8. The molecule has 0 aromatic heterocycles. The first-order valence-electron chi connectivity index (χ1n) is 26.2. The smallest absolute Gasteiger partial charge is 0.490 e. The number of aliphatic imine (C=N–C) groups is 2. The largest absolute Gasteiger partial charge is 0.494 e. The van der Waals surface area contributed by atoms with E-state index in [0.717, 1.165) is 35.7 Å². The van der Waals surface area contributed by atoms with E-state index in [1.165, 1.54) is 34.1 Å². The van der Waals surface area contributed by atoms with Gasteiger partial charge in [-0.25, -0.2) is 18.8 Å². The van der Waals surface area contributed by atoms with Gasteiger partial charge in [0.15, 0.2) is 23.0 Å². The van der Waals surface area contributed by atoms with Gasteiger partial charge < -0.3 is 39.7 Å². The highest BCUT2D eigenvalue weighted by Crippen LogP contribution is 2.52. The summed E-state index contributed by atoms with van der Waals surface area (Å²) in [7, 11) is 2.65. The highest BCUT2D eigenvalue weighted by molar-refractivity contribution is 9.10. The minimum Gasteiger partial charge on any atom is -0.490 e. The van der Waals surface area contributed by atoms with Gasteiger partial charge in [0.25, 0.3) is 11.8 Å². The van der Waals surface area contributed by atoms with Gasteiger partial charge in [-0.2, -0.15) is 10.5 Å². The third kappa shape index (κ3) is 10.7. The Balaban J connectivity index is 0.000000149. The molecular weight excluding hydrogens is 1070 g/mol. The predicted molar refractivity (Wildman–Crippen MR) is 293 cm³/mol. The van der Waals surface area contributed by atoms with Crippen molar-refractivity contribution in [3.8, 4) is 34.8 Å². The Morgan fingerprint density at radius 2 is 1.09 bits per heavy atom. The summed E-state index contributed by atoms with van der Waals surface area (Å²) < 4.78 is 64.6. The number of carbonyl (C=O) groups is 2. The van der Waals surface area contributed by atoms with E-state index >= 15 is 0 Å². The number of fused-ring (bicyclic) bond motifs is 4. The van der Waals surface area contributed by atoms with Crippen molar-refractivity contribution < 1.29 is 46.6 Å². The van der Waals surface area contributed by atoms with Crippen LogP contribution < -0.4 is 26.4 Å². The quantitative estimate of drug-likeness (QED) is 0.184. The van der Waals surface area contributed by atoms with Crippen LogP contribution in [-0.4, -0.2) is 103 Å². The molecule has 4 N–H and O–H groups in total. The average Bonchev–Trinajstić information content (AvgIpc) is 4.06. The molecule has 3 fully saturated rings. The van der Waals surface area contributed by atoms with E-state index in [-0.39, 0.29) is 64.2 Å². The van der Waals surface area contributed by atoms with E-state index in [4.69, 9.17) is 45.0 Å². The Hall–Kier alpha value is -6.42. The van der Waals surface area contributed by atoms with Crippen LogP contribution in [0.1, 0.15) is 116 Å². The third-order valence-electron chi connectivity index (χ3n) is 16.4. The number of hydrogen-bond donors (Lipinski definition) is 2. The summed E-state index contributed by atoms with van der Waals surface area (Å²) in [6, 6.07) is 23.4. The normalized spacial score (nSPS) is 27.9. The van der Waals surface area contributed by atoms with Crippen LogP contribution in [0, 0.1) is 46.1 Å². The number of ether oxygens (including phenoxy) is 4. The molecule has 0 saturated carbocycles. The van der Waals surface area contributed by atoms with Crippen molar-refractivity contribution >= 4 is 52.2 Å². The van der Waals surface area contributed by atoms with Crippen LogP contribution in [0.3, 0.4) is 0 Å². The maximum absolute atomic E-state index is 14.1. The van der Waals surface area contributed by atoms with Crippen LogP contribution in [0.4, 0.5) is 8.78 Å². The summed E-state index contributed by atoms with van der Waals surface area (Å²) in [4.78, 5) is 38.9. The second-order valence-corrected chi connectivity index (χ2v) is 24.4. The summed E-state index contributed by atoms with van der Waals surface area (Å²) in [5.41, 5.74) is 12.1. The predicted octanol–water partition coefficient (Wildman–Crippen LogP) is 8.49. The van der Waals surface area contributed by atoms with Gasteiger partial charge in [0.05, 0.1) is 45.7 Å². The minimum atomic E-state index is -1.21. The van der Waals surface area contributed by atoms with Crippen molar-refractivity contribution in [3.05, 3.63) is 111 Å². The van der Waals surface area contributed by atoms with Crippen LogP contribution in [0.2, 0.25) is 0 Å². The minimum absolute atomic E-state index is 0.0889. The highest BCUT2D eigenvalue weighted by Gasteiger charge is 2.57. The monoisotopic (exact) mass is 1130 g/mol. The van der Waals surface area contributed by atoms with Crippen molar-refractivity contribution in [2.75, 3.05) is 27.3 Å². The van der Waals surface area contributed by atoms with Gasteiger partial charge in [-0.3, -0.25) is 19.4 Å². The fourth-order valence-corrected chi connectivity index (χ4v) is 12.0. The molecule has 6 atom stereocenters. The Kier molecular flexibility index (Phi) is 14.9. The zero-order chi connectivity index (χ0) is 56.5. The Morgan fingerprint density at radius 1 is 0.628 bits per heavy atom. The number of guanidine groups is 2. The van der Waals surface area contributed by atoms with Gasteiger partial charge in [0.1, 0.15) is 35.3 Å². The number of likely N-dealkylation sites (N-methyl/N-ethyl adjacent to an activating group) is 2. The Morgan fingerprint density at radius 3 is 1.55 bits per heavy atom. The summed E-state index contributed by atoms with van der Waals surface area (Å²) in [5, 5.41) is 18.1. The molecule has 7 heterocycles. The summed E-state index contributed by atoms with van der Waals surface area (Å²) >= 11 is 3.50. The van der Waals surface area contributed by atoms with Crippen LogP contribution in [0.25, 0.3) is 11.1 Å². The van der Waals surface area contributed by atoms with Crippen molar-refractivity contribution in [1.82, 2.24) is 9.80 Å². The van der Waals surface area contributed by atoms with Gasteiger partial charge in [0.2, 0.25) is 0 Å². The van der Waals surface area contributed by atoms with Crippen LogP contribution in [0.15, 0.2) is 87.3 Å². The number of carbonyl (C=O) groups excluding carboxylic acids is 2. The van der Waals surface area contributed by atoms with Gasteiger partial charge >= 0.3 is 7.12 Å². The average molecular weight is 1130 g/mol. The molecule has 0 aliphatic carbocycles. The van der Waals surface area contributed by atoms with Gasteiger partial charge in [-0.15, -0.1) is 0 Å². The molecule has 3 saturated heterocycles. The lowest BCUT2D eigenvalue weighted by atomic mass is 9.74. The third-order valence-corrected chi connectivity index (χ3v) is 16.9. The maximum atomic E-state index is 14.1. The second-order valence-electron chi connectivity index (χ2n) is 23.5. The summed E-state index contributed by atoms with van der Waals surface area (Å²) in [6.45, 7) is 17.4. The van der Waals surface area contributed by atoms with E-state index in [1.807, 2.05) is 70.2 Å². The SMILES string of the molecule is CC1(C)OB(c2cc(F)cc(C#N)c2)OC1(C)C.CN1C(=O)C2(CC(C3CCOC(C)(C)C3)Oc3ccc(-c4cc(F)cc(C#N)c4)cc32)N=C1N.CN1C(=O)C2(CC(C3CCOC(C)(C)C3)Oc3ccc(Br)cc32)N=C1N. The number of halogens is 3. The van der Waals surface area contributed by atoms with Crippen molar-refractivity contribution in [3.63, 3.8) is 0 Å². The molecule has 0 bridgehead atoms. The van der Waals surface area contributed by atoms with Gasteiger partial charge in [-0.05, 0) is 164 Å². The summed E-state index contributed by atoms with van der Waals surface area (Å²) in [6.07, 6.45) is 3.99. The lowest BCUT2D eigenvalue weighted by molar-refractivity contribution is -0.135. The van der Waals surface area contributed by atoms with E-state index in [2.05, 4.69) is 53.6 Å². The molecule has 2 amide bonds. The van der Waals surface area contributed by atoms with Crippen molar-refractivity contribution in [1.29, 1.82) is 10.5 Å². The number of nitrogens with zero attached hydrogens (tertiary/aromatic N) is 6. The molecule has 2 spiro atoms. The number of nitrogens with two attached hydrogens (primary N) is 2. The number of nitriles is 2. The molecule has 6 unspecified atom stereocenters. The molecule has 16 nitrogen and oxygen atoms in total.